The summed E-state index contributed by atoms with van der Waals surface area (Å²) < 4.78 is 32.3. The Bertz CT molecular complexity index is 1240. The molecule has 0 aliphatic rings. The SMILES string of the molecule is COC(=O)c1ccc2c(c1)sc(=NC(=O)CS(=O)(=O)c1ccccc1)n2CCSC. The van der Waals surface area contributed by atoms with Gasteiger partial charge in [-0.2, -0.15) is 16.8 Å². The molecule has 0 spiro atoms. The van der Waals surface area contributed by atoms with Crippen molar-refractivity contribution in [2.45, 2.75) is 11.4 Å². The van der Waals surface area contributed by atoms with Gasteiger partial charge in [0.05, 0.1) is 27.8 Å². The highest BCUT2D eigenvalue weighted by atomic mass is 32.2. The first-order valence-electron chi connectivity index (χ1n) is 8.91. The monoisotopic (exact) mass is 464 g/mol. The van der Waals surface area contributed by atoms with Crippen molar-refractivity contribution in [2.75, 3.05) is 24.9 Å². The zero-order chi connectivity index (χ0) is 21.7. The Morgan fingerprint density at radius 2 is 1.90 bits per heavy atom. The summed E-state index contributed by atoms with van der Waals surface area (Å²) in [6, 6.07) is 12.9. The molecule has 30 heavy (non-hydrogen) atoms. The number of aromatic nitrogens is 1. The number of carbonyl (C=O) groups is 2. The summed E-state index contributed by atoms with van der Waals surface area (Å²) in [7, 11) is -2.46. The van der Waals surface area contributed by atoms with Gasteiger partial charge in [-0.25, -0.2) is 13.2 Å². The third-order valence-electron chi connectivity index (χ3n) is 4.26. The number of amides is 1. The molecule has 0 N–H and O–H groups in total. The lowest BCUT2D eigenvalue weighted by Gasteiger charge is -2.05. The van der Waals surface area contributed by atoms with Crippen LogP contribution in [-0.4, -0.2) is 49.7 Å². The Balaban J connectivity index is 2.01. The maximum atomic E-state index is 12.5. The van der Waals surface area contributed by atoms with Gasteiger partial charge >= 0.3 is 5.97 Å². The highest BCUT2D eigenvalue weighted by Crippen LogP contribution is 2.20. The van der Waals surface area contributed by atoms with Crippen LogP contribution in [0.1, 0.15) is 10.4 Å². The minimum atomic E-state index is -3.77. The van der Waals surface area contributed by atoms with E-state index < -0.39 is 27.5 Å². The van der Waals surface area contributed by atoms with Crippen LogP contribution < -0.4 is 4.80 Å². The number of nitrogens with zero attached hydrogens (tertiary/aromatic N) is 2. The Morgan fingerprint density at radius 3 is 2.57 bits per heavy atom. The fraction of sp³-hybridized carbons (Fsp3) is 0.250. The van der Waals surface area contributed by atoms with Gasteiger partial charge in [-0.05, 0) is 36.6 Å². The molecular formula is C20H20N2O5S3. The summed E-state index contributed by atoms with van der Waals surface area (Å²) in [4.78, 5) is 28.9. The number of fused-ring (bicyclic) bond motifs is 1. The third-order valence-corrected chi connectivity index (χ3v) is 7.51. The van der Waals surface area contributed by atoms with Crippen molar-refractivity contribution in [1.82, 2.24) is 4.57 Å². The van der Waals surface area contributed by atoms with Crippen molar-refractivity contribution >= 4 is 55.0 Å². The molecule has 0 atom stereocenters. The molecule has 7 nitrogen and oxygen atoms in total. The number of thioether (sulfide) groups is 1. The Kier molecular flexibility index (Phi) is 7.11. The highest BCUT2D eigenvalue weighted by Gasteiger charge is 2.19. The standard InChI is InChI=1S/C20H20N2O5S3/c1-27-19(24)14-8-9-16-17(12-14)29-20(22(16)10-11-28-2)21-18(23)13-30(25,26)15-6-4-3-5-7-15/h3-9,12H,10-11,13H2,1-2H3. The number of benzene rings is 2. The van der Waals surface area contributed by atoms with E-state index in [-0.39, 0.29) is 4.90 Å². The van der Waals surface area contributed by atoms with E-state index in [9.17, 15) is 18.0 Å². The maximum Gasteiger partial charge on any atom is 0.337 e. The number of ether oxygens (including phenoxy) is 1. The molecule has 1 amide bonds. The summed E-state index contributed by atoms with van der Waals surface area (Å²) in [6.07, 6.45) is 1.97. The number of sulfone groups is 1. The smallest absolute Gasteiger partial charge is 0.337 e. The molecule has 0 fully saturated rings. The molecule has 0 aliphatic heterocycles. The van der Waals surface area contributed by atoms with Crippen LogP contribution in [0, 0.1) is 0 Å². The normalized spacial score (nSPS) is 12.3. The van der Waals surface area contributed by atoms with Crippen LogP contribution in [0.3, 0.4) is 0 Å². The molecule has 1 aromatic heterocycles. The fourth-order valence-corrected chi connectivity index (χ4v) is 5.42. The number of hydrogen-bond acceptors (Lipinski definition) is 7. The van der Waals surface area contributed by atoms with Crippen molar-refractivity contribution < 1.29 is 22.7 Å². The summed E-state index contributed by atoms with van der Waals surface area (Å²) in [5.41, 5.74) is 1.21. The molecule has 0 saturated carbocycles. The van der Waals surface area contributed by atoms with Gasteiger partial charge in [-0.3, -0.25) is 4.79 Å². The predicted molar refractivity (Wildman–Crippen MR) is 119 cm³/mol. The third kappa shape index (κ3) is 5.00. The van der Waals surface area contributed by atoms with Crippen LogP contribution in [0.15, 0.2) is 58.4 Å². The van der Waals surface area contributed by atoms with E-state index in [1.807, 2.05) is 10.8 Å². The van der Waals surface area contributed by atoms with E-state index in [4.69, 9.17) is 4.74 Å². The first-order valence-corrected chi connectivity index (χ1v) is 12.8. The summed E-state index contributed by atoms with van der Waals surface area (Å²) in [5, 5.41) is 0. The average Bonchev–Trinajstić information content (AvgIpc) is 3.07. The molecular weight excluding hydrogens is 444 g/mol. The van der Waals surface area contributed by atoms with E-state index in [1.54, 1.807) is 48.2 Å². The molecule has 0 bridgehead atoms. The van der Waals surface area contributed by atoms with E-state index in [2.05, 4.69) is 4.99 Å². The lowest BCUT2D eigenvalue weighted by Crippen LogP contribution is -2.21. The van der Waals surface area contributed by atoms with Gasteiger partial charge in [0.1, 0.15) is 5.75 Å². The summed E-state index contributed by atoms with van der Waals surface area (Å²) >= 11 is 2.87. The molecule has 0 saturated heterocycles. The van der Waals surface area contributed by atoms with Crippen molar-refractivity contribution in [2.24, 2.45) is 4.99 Å². The van der Waals surface area contributed by atoms with E-state index in [0.29, 0.717) is 16.9 Å². The number of esters is 1. The molecule has 3 rings (SSSR count). The molecule has 10 heteroatoms. The number of carbonyl (C=O) groups excluding carboxylic acids is 2. The van der Waals surface area contributed by atoms with Gasteiger partial charge in [-0.15, -0.1) is 0 Å². The van der Waals surface area contributed by atoms with Gasteiger partial charge in [-0.1, -0.05) is 29.5 Å². The number of rotatable bonds is 7. The zero-order valence-electron chi connectivity index (χ0n) is 16.4. The highest BCUT2D eigenvalue weighted by molar-refractivity contribution is 7.98. The van der Waals surface area contributed by atoms with Gasteiger partial charge in [0.15, 0.2) is 14.6 Å². The van der Waals surface area contributed by atoms with Crippen LogP contribution in [-0.2, 0) is 25.9 Å². The predicted octanol–water partition coefficient (Wildman–Crippen LogP) is 2.75. The number of aryl methyl sites for hydroxylation is 1. The van der Waals surface area contributed by atoms with E-state index in [1.165, 1.54) is 30.6 Å². The largest absolute Gasteiger partial charge is 0.465 e. The van der Waals surface area contributed by atoms with Gasteiger partial charge in [0.25, 0.3) is 5.91 Å². The van der Waals surface area contributed by atoms with Crippen molar-refractivity contribution in [1.29, 1.82) is 0 Å². The molecule has 158 valence electrons. The topological polar surface area (TPSA) is 94.8 Å². The van der Waals surface area contributed by atoms with E-state index in [0.717, 1.165) is 16.0 Å². The lowest BCUT2D eigenvalue weighted by atomic mass is 10.2. The van der Waals surface area contributed by atoms with Crippen molar-refractivity contribution in [3.05, 3.63) is 58.9 Å². The van der Waals surface area contributed by atoms with Gasteiger partial charge in [0, 0.05) is 12.3 Å². The Morgan fingerprint density at radius 1 is 1.17 bits per heavy atom. The van der Waals surface area contributed by atoms with E-state index >= 15 is 0 Å². The second kappa shape index (κ2) is 9.59. The number of methoxy groups -OCH3 is 1. The average molecular weight is 465 g/mol. The summed E-state index contributed by atoms with van der Waals surface area (Å²) in [6.45, 7) is 0.594. The first-order chi connectivity index (χ1) is 14.4. The quantitative estimate of drug-likeness (QED) is 0.499. The van der Waals surface area contributed by atoms with Gasteiger partial charge < -0.3 is 9.30 Å². The minimum Gasteiger partial charge on any atom is -0.465 e. The maximum absolute atomic E-state index is 12.5. The van der Waals surface area contributed by atoms with Crippen molar-refractivity contribution in [3.63, 3.8) is 0 Å². The molecule has 0 radical (unpaired) electrons. The minimum absolute atomic E-state index is 0.0860. The lowest BCUT2D eigenvalue weighted by molar-refractivity contribution is -0.115. The van der Waals surface area contributed by atoms with Crippen LogP contribution in [0.5, 0.6) is 0 Å². The van der Waals surface area contributed by atoms with Crippen LogP contribution >= 0.6 is 23.1 Å². The van der Waals surface area contributed by atoms with Crippen LogP contribution in [0.25, 0.3) is 10.2 Å². The molecule has 1 heterocycles. The Hall–Kier alpha value is -2.43. The molecule has 0 aliphatic carbocycles. The molecule has 3 aromatic rings. The number of thiazole rings is 1. The fourth-order valence-electron chi connectivity index (χ4n) is 2.81. The van der Waals surface area contributed by atoms with Crippen molar-refractivity contribution in [3.8, 4) is 0 Å². The van der Waals surface area contributed by atoms with Crippen LogP contribution in [0.4, 0.5) is 0 Å². The van der Waals surface area contributed by atoms with Crippen LogP contribution in [0.2, 0.25) is 0 Å². The second-order valence-electron chi connectivity index (χ2n) is 6.28. The molecule has 0 unspecified atom stereocenters. The van der Waals surface area contributed by atoms with Gasteiger partial charge in [0.2, 0.25) is 0 Å². The zero-order valence-corrected chi connectivity index (χ0v) is 18.9. The second-order valence-corrected chi connectivity index (χ2v) is 10.3. The number of hydrogen-bond donors (Lipinski definition) is 0. The summed E-state index contributed by atoms with van der Waals surface area (Å²) in [5.74, 6) is -1.11. The first kappa shape index (κ1) is 22.3. The Labute approximate surface area is 182 Å². The molecule has 2 aromatic carbocycles.